The summed E-state index contributed by atoms with van der Waals surface area (Å²) >= 11 is 4.40. The van der Waals surface area contributed by atoms with Crippen molar-refractivity contribution in [3.8, 4) is 5.75 Å². The van der Waals surface area contributed by atoms with Gasteiger partial charge in [-0.25, -0.2) is 8.42 Å². The van der Waals surface area contributed by atoms with Crippen LogP contribution in [-0.4, -0.2) is 32.5 Å². The zero-order valence-corrected chi connectivity index (χ0v) is 22.3. The molecule has 1 amide bonds. The van der Waals surface area contributed by atoms with Gasteiger partial charge in [0.2, 0.25) is 5.91 Å². The summed E-state index contributed by atoms with van der Waals surface area (Å²) in [7, 11) is -0.924. The molecular formula is C24H22BrN3O5S2. The van der Waals surface area contributed by atoms with Crippen LogP contribution < -0.4 is 19.2 Å². The van der Waals surface area contributed by atoms with Crippen molar-refractivity contribution < 1.29 is 17.9 Å². The van der Waals surface area contributed by atoms with E-state index in [0.717, 1.165) is 31.4 Å². The Morgan fingerprint density at radius 1 is 1.11 bits per heavy atom. The number of sulfonamides is 1. The molecular weight excluding hydrogens is 554 g/mol. The van der Waals surface area contributed by atoms with Crippen LogP contribution in [0.2, 0.25) is 0 Å². The molecule has 0 atom stereocenters. The summed E-state index contributed by atoms with van der Waals surface area (Å²) in [4.78, 5) is 24.8. The molecule has 0 fully saturated rings. The lowest BCUT2D eigenvalue weighted by Crippen LogP contribution is -2.38. The molecule has 0 radical (unpaired) electrons. The number of benzene rings is 3. The molecule has 0 unspecified atom stereocenters. The molecule has 11 heteroatoms. The minimum Gasteiger partial charge on any atom is -0.496 e. The number of carbonyl (C=O) groups excluding carboxylic acids is 1. The fourth-order valence-electron chi connectivity index (χ4n) is 3.50. The molecule has 1 heterocycles. The standard InChI is InChI=1S/C24H22BrN3O5S2/c1-15-4-7-17(8-5-15)28(35(31,32)18-9-11-21(33-3)19(25)13-18)14-23(29)26-16-6-10-20-22(12-16)34-24(30)27(20)2/h4-13H,14H2,1-3H3,(H,26,29). The number of methoxy groups -OCH3 is 1. The van der Waals surface area contributed by atoms with E-state index in [-0.39, 0.29) is 9.77 Å². The minimum absolute atomic E-state index is 0.00836. The molecule has 0 aliphatic carbocycles. The van der Waals surface area contributed by atoms with Crippen molar-refractivity contribution in [3.63, 3.8) is 0 Å². The summed E-state index contributed by atoms with van der Waals surface area (Å²) in [6.45, 7) is 1.45. The molecule has 182 valence electrons. The van der Waals surface area contributed by atoms with Crippen molar-refractivity contribution in [2.75, 3.05) is 23.3 Å². The first kappa shape index (κ1) is 25.0. The van der Waals surface area contributed by atoms with E-state index in [2.05, 4.69) is 21.2 Å². The van der Waals surface area contributed by atoms with Crippen molar-refractivity contribution in [3.05, 3.63) is 80.4 Å². The highest BCUT2D eigenvalue weighted by molar-refractivity contribution is 9.10. The highest BCUT2D eigenvalue weighted by Crippen LogP contribution is 2.31. The van der Waals surface area contributed by atoms with E-state index >= 15 is 0 Å². The molecule has 0 saturated heterocycles. The maximum absolute atomic E-state index is 13.6. The first-order valence-electron chi connectivity index (χ1n) is 10.4. The molecule has 0 aliphatic heterocycles. The zero-order chi connectivity index (χ0) is 25.3. The smallest absolute Gasteiger partial charge is 0.307 e. The second kappa shape index (κ2) is 9.84. The fourth-order valence-corrected chi connectivity index (χ4v) is 6.56. The molecule has 3 aromatic carbocycles. The summed E-state index contributed by atoms with van der Waals surface area (Å²) < 4.78 is 36.2. The number of nitrogens with one attached hydrogen (secondary N) is 1. The number of hydrogen-bond acceptors (Lipinski definition) is 6. The van der Waals surface area contributed by atoms with Gasteiger partial charge in [0.15, 0.2) is 0 Å². The molecule has 0 saturated carbocycles. The first-order valence-corrected chi connectivity index (χ1v) is 13.5. The quantitative estimate of drug-likeness (QED) is 0.349. The number of aromatic nitrogens is 1. The zero-order valence-electron chi connectivity index (χ0n) is 19.1. The van der Waals surface area contributed by atoms with E-state index in [0.29, 0.717) is 21.6 Å². The predicted octanol–water partition coefficient (Wildman–Crippen LogP) is 4.51. The molecule has 0 bridgehead atoms. The average Bonchev–Trinajstić information content (AvgIpc) is 3.10. The summed E-state index contributed by atoms with van der Waals surface area (Å²) in [6, 6.07) is 16.4. The highest BCUT2D eigenvalue weighted by atomic mass is 79.9. The summed E-state index contributed by atoms with van der Waals surface area (Å²) in [6.07, 6.45) is 0. The fraction of sp³-hybridized carbons (Fsp3) is 0.167. The van der Waals surface area contributed by atoms with Gasteiger partial charge in [-0.05, 0) is 71.4 Å². The van der Waals surface area contributed by atoms with Gasteiger partial charge in [0.1, 0.15) is 12.3 Å². The average molecular weight is 576 g/mol. The molecule has 0 aliphatic rings. The van der Waals surface area contributed by atoms with Gasteiger partial charge in [-0.2, -0.15) is 0 Å². The number of hydrogen-bond donors (Lipinski definition) is 1. The van der Waals surface area contributed by atoms with Crippen LogP contribution >= 0.6 is 27.3 Å². The molecule has 35 heavy (non-hydrogen) atoms. The van der Waals surface area contributed by atoms with Crippen LogP contribution in [0.5, 0.6) is 5.75 Å². The van der Waals surface area contributed by atoms with Crippen molar-refractivity contribution in [2.24, 2.45) is 7.05 Å². The number of anilines is 2. The Morgan fingerprint density at radius 3 is 2.49 bits per heavy atom. The topological polar surface area (TPSA) is 97.7 Å². The summed E-state index contributed by atoms with van der Waals surface area (Å²) in [5.74, 6) is -0.0356. The Kier molecular flexibility index (Phi) is 7.02. The maximum atomic E-state index is 13.6. The summed E-state index contributed by atoms with van der Waals surface area (Å²) in [5, 5.41) is 2.75. The molecule has 1 aromatic heterocycles. The van der Waals surface area contributed by atoms with Crippen LogP contribution in [0.3, 0.4) is 0 Å². The molecule has 4 aromatic rings. The van der Waals surface area contributed by atoms with Crippen molar-refractivity contribution >= 4 is 64.8 Å². The third kappa shape index (κ3) is 5.12. The van der Waals surface area contributed by atoms with Crippen LogP contribution in [-0.2, 0) is 21.9 Å². The van der Waals surface area contributed by atoms with Crippen LogP contribution in [0.4, 0.5) is 11.4 Å². The lowest BCUT2D eigenvalue weighted by Gasteiger charge is -2.24. The van der Waals surface area contributed by atoms with Gasteiger partial charge in [-0.3, -0.25) is 13.9 Å². The SMILES string of the molecule is COc1ccc(S(=O)(=O)N(CC(=O)Nc2ccc3c(c2)sc(=O)n3C)c2ccc(C)cc2)cc1Br. The molecule has 4 rings (SSSR count). The van der Waals surface area contributed by atoms with E-state index in [4.69, 9.17) is 4.74 Å². The number of nitrogens with zero attached hydrogens (tertiary/aromatic N) is 2. The number of ether oxygens (including phenoxy) is 1. The molecule has 8 nitrogen and oxygen atoms in total. The largest absolute Gasteiger partial charge is 0.496 e. The van der Waals surface area contributed by atoms with Gasteiger partial charge in [-0.15, -0.1) is 0 Å². The van der Waals surface area contributed by atoms with E-state index < -0.39 is 22.5 Å². The number of amides is 1. The van der Waals surface area contributed by atoms with Crippen LogP contribution in [0.15, 0.2) is 74.8 Å². The normalized spacial score (nSPS) is 11.4. The van der Waals surface area contributed by atoms with Gasteiger partial charge < -0.3 is 14.6 Å². The van der Waals surface area contributed by atoms with Gasteiger partial charge in [-0.1, -0.05) is 29.0 Å². The van der Waals surface area contributed by atoms with E-state index in [1.165, 1.54) is 23.8 Å². The second-order valence-corrected chi connectivity index (χ2v) is 11.5. The lowest BCUT2D eigenvalue weighted by atomic mass is 10.2. The Bertz CT molecular complexity index is 1580. The third-order valence-electron chi connectivity index (χ3n) is 5.40. The van der Waals surface area contributed by atoms with E-state index in [1.54, 1.807) is 55.6 Å². The van der Waals surface area contributed by atoms with Crippen LogP contribution in [0, 0.1) is 6.92 Å². The summed E-state index contributed by atoms with van der Waals surface area (Å²) in [5.41, 5.74) is 2.54. The Balaban J connectivity index is 1.66. The minimum atomic E-state index is -4.09. The van der Waals surface area contributed by atoms with E-state index in [1.807, 2.05) is 6.92 Å². The Morgan fingerprint density at radius 2 is 1.83 bits per heavy atom. The maximum Gasteiger partial charge on any atom is 0.307 e. The number of fused-ring (bicyclic) bond motifs is 1. The number of rotatable bonds is 7. The van der Waals surface area contributed by atoms with Crippen molar-refractivity contribution in [1.82, 2.24) is 4.57 Å². The first-order chi connectivity index (χ1) is 16.6. The lowest BCUT2D eigenvalue weighted by molar-refractivity contribution is -0.114. The van der Waals surface area contributed by atoms with Gasteiger partial charge >= 0.3 is 4.87 Å². The second-order valence-electron chi connectivity index (χ2n) is 7.80. The van der Waals surface area contributed by atoms with Crippen molar-refractivity contribution in [2.45, 2.75) is 11.8 Å². The number of aryl methyl sites for hydroxylation is 2. The van der Waals surface area contributed by atoms with Crippen molar-refractivity contribution in [1.29, 1.82) is 0 Å². The highest BCUT2D eigenvalue weighted by Gasteiger charge is 2.28. The number of halogens is 1. The molecule has 1 N–H and O–H groups in total. The molecule has 0 spiro atoms. The van der Waals surface area contributed by atoms with Crippen LogP contribution in [0.25, 0.3) is 10.2 Å². The Labute approximate surface area is 214 Å². The van der Waals surface area contributed by atoms with Gasteiger partial charge in [0, 0.05) is 12.7 Å². The third-order valence-corrected chi connectivity index (χ3v) is 8.78. The number of thiazole rings is 1. The van der Waals surface area contributed by atoms with Gasteiger partial charge in [0.05, 0.1) is 32.4 Å². The van der Waals surface area contributed by atoms with Crippen LogP contribution in [0.1, 0.15) is 5.56 Å². The monoisotopic (exact) mass is 575 g/mol. The Hall–Kier alpha value is -3.15. The number of carbonyl (C=O) groups is 1. The predicted molar refractivity (Wildman–Crippen MR) is 142 cm³/mol. The van der Waals surface area contributed by atoms with Gasteiger partial charge in [0.25, 0.3) is 10.0 Å². The van der Waals surface area contributed by atoms with E-state index in [9.17, 15) is 18.0 Å².